The maximum atomic E-state index is 11.4. The van der Waals surface area contributed by atoms with Crippen molar-refractivity contribution in [3.8, 4) is 0 Å². The van der Waals surface area contributed by atoms with Crippen molar-refractivity contribution in [2.24, 2.45) is 0 Å². The highest BCUT2D eigenvalue weighted by molar-refractivity contribution is 5.81. The van der Waals surface area contributed by atoms with Crippen molar-refractivity contribution >= 4 is 5.91 Å². The maximum Gasteiger partial charge on any atom is 0.237 e. The molecule has 0 fully saturated rings. The lowest BCUT2D eigenvalue weighted by molar-refractivity contribution is -0.122. The van der Waals surface area contributed by atoms with Gasteiger partial charge < -0.3 is 15.4 Å². The molecule has 88 valence electrons. The fourth-order valence-electron chi connectivity index (χ4n) is 1.11. The van der Waals surface area contributed by atoms with Crippen LogP contribution < -0.4 is 10.6 Å². The molecule has 0 saturated carbocycles. The van der Waals surface area contributed by atoms with E-state index in [-0.39, 0.29) is 11.9 Å². The summed E-state index contributed by atoms with van der Waals surface area (Å²) < 4.78 is 4.93. The third kappa shape index (κ3) is 8.15. The van der Waals surface area contributed by atoms with Gasteiger partial charge in [0.15, 0.2) is 0 Å². The highest BCUT2D eigenvalue weighted by atomic mass is 16.5. The molecule has 1 amide bonds. The van der Waals surface area contributed by atoms with Crippen molar-refractivity contribution in [2.45, 2.75) is 25.8 Å². The number of hydrogen-bond acceptors (Lipinski definition) is 3. The Morgan fingerprint density at radius 1 is 1.53 bits per heavy atom. The smallest absolute Gasteiger partial charge is 0.237 e. The number of methoxy groups -OCH3 is 1. The minimum Gasteiger partial charge on any atom is -0.385 e. The first-order valence-corrected chi connectivity index (χ1v) is 5.33. The zero-order valence-corrected chi connectivity index (χ0v) is 9.71. The molecule has 0 aliphatic heterocycles. The van der Waals surface area contributed by atoms with Gasteiger partial charge in [0.25, 0.3) is 0 Å². The van der Waals surface area contributed by atoms with Gasteiger partial charge in [0.1, 0.15) is 0 Å². The van der Waals surface area contributed by atoms with Crippen LogP contribution in [-0.2, 0) is 9.53 Å². The van der Waals surface area contributed by atoms with Gasteiger partial charge in [-0.25, -0.2) is 0 Å². The largest absolute Gasteiger partial charge is 0.385 e. The molecule has 0 heterocycles. The van der Waals surface area contributed by atoms with Gasteiger partial charge in [0.05, 0.1) is 6.04 Å². The Morgan fingerprint density at radius 3 is 2.87 bits per heavy atom. The molecule has 0 rings (SSSR count). The second-order valence-corrected chi connectivity index (χ2v) is 3.41. The van der Waals surface area contributed by atoms with Crippen LogP contribution in [-0.4, -0.2) is 38.8 Å². The van der Waals surface area contributed by atoms with E-state index in [0.29, 0.717) is 6.54 Å². The molecule has 0 aromatic rings. The highest BCUT2D eigenvalue weighted by Crippen LogP contribution is 1.89. The van der Waals surface area contributed by atoms with Crippen LogP contribution in [0, 0.1) is 0 Å². The van der Waals surface area contributed by atoms with Crippen LogP contribution in [0.1, 0.15) is 19.8 Å². The van der Waals surface area contributed by atoms with E-state index >= 15 is 0 Å². The third-order valence-electron chi connectivity index (χ3n) is 2.04. The first kappa shape index (κ1) is 14.1. The van der Waals surface area contributed by atoms with Crippen molar-refractivity contribution in [3.05, 3.63) is 12.7 Å². The Balaban J connectivity index is 3.42. The van der Waals surface area contributed by atoms with Gasteiger partial charge >= 0.3 is 0 Å². The summed E-state index contributed by atoms with van der Waals surface area (Å²) in [5, 5.41) is 5.89. The minimum absolute atomic E-state index is 0.0154. The zero-order chi connectivity index (χ0) is 11.5. The summed E-state index contributed by atoms with van der Waals surface area (Å²) >= 11 is 0. The van der Waals surface area contributed by atoms with Crippen molar-refractivity contribution in [1.82, 2.24) is 10.6 Å². The Labute approximate surface area is 92.1 Å². The maximum absolute atomic E-state index is 11.4. The zero-order valence-electron chi connectivity index (χ0n) is 9.71. The molecule has 15 heavy (non-hydrogen) atoms. The van der Waals surface area contributed by atoms with E-state index in [1.54, 1.807) is 13.2 Å². The monoisotopic (exact) mass is 214 g/mol. The SMILES string of the molecule is C=CCNC(=O)C(C)NCCCCOC. The molecule has 0 radical (unpaired) electrons. The molecule has 1 unspecified atom stereocenters. The summed E-state index contributed by atoms with van der Waals surface area (Å²) in [5.41, 5.74) is 0. The number of ether oxygens (including phenoxy) is 1. The van der Waals surface area contributed by atoms with Gasteiger partial charge in [0, 0.05) is 20.3 Å². The van der Waals surface area contributed by atoms with Crippen molar-refractivity contribution in [1.29, 1.82) is 0 Å². The van der Waals surface area contributed by atoms with Crippen LogP contribution in [0.5, 0.6) is 0 Å². The number of nitrogens with one attached hydrogen (secondary N) is 2. The van der Waals surface area contributed by atoms with Gasteiger partial charge in [-0.1, -0.05) is 6.08 Å². The molecule has 0 aliphatic carbocycles. The Morgan fingerprint density at radius 2 is 2.27 bits per heavy atom. The molecule has 0 saturated heterocycles. The molecule has 0 aromatic carbocycles. The van der Waals surface area contributed by atoms with Crippen LogP contribution in [0.3, 0.4) is 0 Å². The topological polar surface area (TPSA) is 50.4 Å². The molecule has 0 spiro atoms. The molecule has 1 atom stereocenters. The molecule has 4 nitrogen and oxygen atoms in total. The highest BCUT2D eigenvalue weighted by Gasteiger charge is 2.09. The fraction of sp³-hybridized carbons (Fsp3) is 0.727. The van der Waals surface area contributed by atoms with E-state index in [1.807, 2.05) is 6.92 Å². The summed E-state index contributed by atoms with van der Waals surface area (Å²) in [7, 11) is 1.69. The molecule has 0 bridgehead atoms. The average Bonchev–Trinajstić information content (AvgIpc) is 2.25. The first-order valence-electron chi connectivity index (χ1n) is 5.33. The lowest BCUT2D eigenvalue weighted by atomic mass is 10.2. The van der Waals surface area contributed by atoms with E-state index < -0.39 is 0 Å². The van der Waals surface area contributed by atoms with E-state index in [9.17, 15) is 4.79 Å². The molecule has 0 aliphatic rings. The second kappa shape index (κ2) is 9.68. The second-order valence-electron chi connectivity index (χ2n) is 3.41. The van der Waals surface area contributed by atoms with Crippen molar-refractivity contribution < 1.29 is 9.53 Å². The standard InChI is InChI=1S/C11H22N2O2/c1-4-7-13-11(14)10(2)12-8-5-6-9-15-3/h4,10,12H,1,5-9H2,2-3H3,(H,13,14). The lowest BCUT2D eigenvalue weighted by Crippen LogP contribution is -2.42. The number of hydrogen-bond donors (Lipinski definition) is 2. The van der Waals surface area contributed by atoms with Crippen LogP contribution >= 0.6 is 0 Å². The van der Waals surface area contributed by atoms with Gasteiger partial charge in [-0.15, -0.1) is 6.58 Å². The predicted octanol–water partition coefficient (Wildman–Crippen LogP) is 0.693. The van der Waals surface area contributed by atoms with Gasteiger partial charge in [-0.3, -0.25) is 4.79 Å². The van der Waals surface area contributed by atoms with Crippen LogP contribution in [0.15, 0.2) is 12.7 Å². The molecular weight excluding hydrogens is 192 g/mol. The minimum atomic E-state index is -0.146. The first-order chi connectivity index (χ1) is 7.22. The van der Waals surface area contributed by atoms with E-state index in [4.69, 9.17) is 4.74 Å². The molecule has 4 heteroatoms. The fourth-order valence-corrected chi connectivity index (χ4v) is 1.11. The van der Waals surface area contributed by atoms with Gasteiger partial charge in [0.2, 0.25) is 5.91 Å². The lowest BCUT2D eigenvalue weighted by Gasteiger charge is -2.12. The third-order valence-corrected chi connectivity index (χ3v) is 2.04. The molecule has 0 aromatic heterocycles. The Bertz CT molecular complexity index is 183. The van der Waals surface area contributed by atoms with Crippen LogP contribution in [0.2, 0.25) is 0 Å². The molecular formula is C11H22N2O2. The predicted molar refractivity (Wildman–Crippen MR) is 61.8 cm³/mol. The molecule has 2 N–H and O–H groups in total. The summed E-state index contributed by atoms with van der Waals surface area (Å²) in [4.78, 5) is 11.4. The van der Waals surface area contributed by atoms with E-state index in [2.05, 4.69) is 17.2 Å². The normalized spacial score (nSPS) is 12.1. The number of carbonyl (C=O) groups is 1. The number of unbranched alkanes of at least 4 members (excludes halogenated alkanes) is 1. The van der Waals surface area contributed by atoms with Crippen molar-refractivity contribution in [2.75, 3.05) is 26.8 Å². The summed E-state index contributed by atoms with van der Waals surface area (Å²) in [6.45, 7) is 7.53. The van der Waals surface area contributed by atoms with E-state index in [1.165, 1.54) is 0 Å². The average molecular weight is 214 g/mol. The van der Waals surface area contributed by atoms with Crippen LogP contribution in [0.4, 0.5) is 0 Å². The number of rotatable bonds is 9. The summed E-state index contributed by atoms with van der Waals surface area (Å²) in [5.74, 6) is 0.0154. The Kier molecular flexibility index (Phi) is 9.11. The summed E-state index contributed by atoms with van der Waals surface area (Å²) in [6, 6.07) is -0.146. The quantitative estimate of drug-likeness (QED) is 0.438. The van der Waals surface area contributed by atoms with Gasteiger partial charge in [-0.2, -0.15) is 0 Å². The van der Waals surface area contributed by atoms with Crippen LogP contribution in [0.25, 0.3) is 0 Å². The van der Waals surface area contributed by atoms with E-state index in [0.717, 1.165) is 26.0 Å². The number of amides is 1. The van der Waals surface area contributed by atoms with Gasteiger partial charge in [-0.05, 0) is 26.3 Å². The number of carbonyl (C=O) groups excluding carboxylic acids is 1. The van der Waals surface area contributed by atoms with Crippen molar-refractivity contribution in [3.63, 3.8) is 0 Å². The Hall–Kier alpha value is -0.870. The summed E-state index contributed by atoms with van der Waals surface area (Å²) in [6.07, 6.45) is 3.71.